The summed E-state index contributed by atoms with van der Waals surface area (Å²) >= 11 is 7.64. The fourth-order valence-electron chi connectivity index (χ4n) is 3.32. The van der Waals surface area contributed by atoms with Crippen LogP contribution in [0.4, 0.5) is 0 Å². The molecule has 1 aliphatic rings. The molecule has 1 saturated heterocycles. The lowest BCUT2D eigenvalue weighted by Crippen LogP contribution is -2.41. The minimum atomic E-state index is 0.202. The van der Waals surface area contributed by atoms with E-state index in [2.05, 4.69) is 11.8 Å². The zero-order chi connectivity index (χ0) is 18.4. The van der Waals surface area contributed by atoms with Crippen molar-refractivity contribution in [3.8, 4) is 0 Å². The molecular weight excluding hydrogens is 364 g/mol. The molecule has 0 radical (unpaired) electrons. The van der Waals surface area contributed by atoms with E-state index < -0.39 is 0 Å². The Morgan fingerprint density at radius 1 is 1.23 bits per heavy atom. The molecule has 2 heterocycles. The fourth-order valence-corrected chi connectivity index (χ4v) is 4.15. The molecule has 1 aromatic carbocycles. The maximum absolute atomic E-state index is 12.9. The van der Waals surface area contributed by atoms with Gasteiger partial charge in [0.1, 0.15) is 0 Å². The Hall–Kier alpha value is -1.36. The van der Waals surface area contributed by atoms with Gasteiger partial charge in [0.15, 0.2) is 0 Å². The third-order valence-corrected chi connectivity index (χ3v) is 6.24. The second-order valence-corrected chi connectivity index (χ2v) is 8.69. The lowest BCUT2D eigenvalue weighted by atomic mass is 9.99. The average Bonchev–Trinajstić information content (AvgIpc) is 3.14. The van der Waals surface area contributed by atoms with E-state index in [0.717, 1.165) is 47.6 Å². The average molecular weight is 391 g/mol. The quantitative estimate of drug-likeness (QED) is 0.683. The Balaban J connectivity index is 1.62. The van der Waals surface area contributed by atoms with Gasteiger partial charge in [0.2, 0.25) is 5.91 Å². The Morgan fingerprint density at radius 3 is 2.62 bits per heavy atom. The van der Waals surface area contributed by atoms with Gasteiger partial charge in [-0.15, -0.1) is 11.3 Å². The highest BCUT2D eigenvalue weighted by Gasteiger charge is 2.19. The van der Waals surface area contributed by atoms with Crippen molar-refractivity contribution in [1.29, 1.82) is 0 Å². The second-order valence-electron chi connectivity index (χ2n) is 7.22. The summed E-state index contributed by atoms with van der Waals surface area (Å²) in [5.41, 5.74) is 1.13. The van der Waals surface area contributed by atoms with E-state index in [1.165, 1.54) is 12.8 Å². The van der Waals surface area contributed by atoms with Crippen LogP contribution in [0.25, 0.3) is 0 Å². The molecule has 0 aliphatic carbocycles. The number of piperidine rings is 1. The number of amides is 1. The Bertz CT molecular complexity index is 679. The maximum atomic E-state index is 12.9. The van der Waals surface area contributed by atoms with Gasteiger partial charge in [-0.05, 0) is 61.0 Å². The number of carbonyl (C=O) groups is 1. The Labute approximate surface area is 165 Å². The summed E-state index contributed by atoms with van der Waals surface area (Å²) in [5, 5.41) is 2.76. The standard InChI is InChI=1S/C21H27ClN2OS/c1-17-8-10-23(11-9-17)12-13-24(16-18-4-6-19(22)7-5-18)21(25)15-20-3-2-14-26-20/h2-7,14,17H,8-13,15-16H2,1H3. The summed E-state index contributed by atoms with van der Waals surface area (Å²) in [6.07, 6.45) is 3.02. The van der Waals surface area contributed by atoms with Gasteiger partial charge in [-0.25, -0.2) is 0 Å². The van der Waals surface area contributed by atoms with Gasteiger partial charge in [0.05, 0.1) is 6.42 Å². The van der Waals surface area contributed by atoms with E-state index in [4.69, 9.17) is 11.6 Å². The molecular formula is C21H27ClN2OS. The fraction of sp³-hybridized carbons (Fsp3) is 0.476. The van der Waals surface area contributed by atoms with Crippen LogP contribution in [-0.4, -0.2) is 41.9 Å². The van der Waals surface area contributed by atoms with Gasteiger partial charge in [-0.2, -0.15) is 0 Å². The zero-order valence-electron chi connectivity index (χ0n) is 15.4. The highest BCUT2D eigenvalue weighted by atomic mass is 35.5. The van der Waals surface area contributed by atoms with Crippen molar-refractivity contribution in [3.63, 3.8) is 0 Å². The van der Waals surface area contributed by atoms with Crippen LogP contribution in [0.15, 0.2) is 41.8 Å². The Morgan fingerprint density at radius 2 is 1.96 bits per heavy atom. The van der Waals surface area contributed by atoms with Crippen LogP contribution in [-0.2, 0) is 17.8 Å². The number of hydrogen-bond donors (Lipinski definition) is 0. The third kappa shape index (κ3) is 5.83. The molecule has 26 heavy (non-hydrogen) atoms. The molecule has 5 heteroatoms. The number of thiophene rings is 1. The van der Waals surface area contributed by atoms with Crippen molar-refractivity contribution in [2.75, 3.05) is 26.2 Å². The smallest absolute Gasteiger partial charge is 0.228 e. The highest BCUT2D eigenvalue weighted by Crippen LogP contribution is 2.17. The van der Waals surface area contributed by atoms with E-state index >= 15 is 0 Å². The van der Waals surface area contributed by atoms with Crippen LogP contribution < -0.4 is 0 Å². The summed E-state index contributed by atoms with van der Waals surface area (Å²) in [4.78, 5) is 18.5. The first-order valence-corrected chi connectivity index (χ1v) is 10.6. The monoisotopic (exact) mass is 390 g/mol. The lowest BCUT2D eigenvalue weighted by Gasteiger charge is -2.32. The van der Waals surface area contributed by atoms with Crippen LogP contribution in [0.3, 0.4) is 0 Å². The number of benzene rings is 1. The molecule has 1 aliphatic heterocycles. The number of likely N-dealkylation sites (tertiary alicyclic amines) is 1. The van der Waals surface area contributed by atoms with Gasteiger partial charge in [0, 0.05) is 29.5 Å². The maximum Gasteiger partial charge on any atom is 0.228 e. The number of hydrogen-bond acceptors (Lipinski definition) is 3. The number of carbonyl (C=O) groups excluding carboxylic acids is 1. The molecule has 3 rings (SSSR count). The number of rotatable bonds is 7. The molecule has 0 spiro atoms. The molecule has 0 bridgehead atoms. The SMILES string of the molecule is CC1CCN(CCN(Cc2ccc(Cl)cc2)C(=O)Cc2cccs2)CC1. The summed E-state index contributed by atoms with van der Waals surface area (Å²) in [6, 6.07) is 11.9. The second kappa shape index (κ2) is 9.54. The molecule has 0 unspecified atom stereocenters. The van der Waals surface area contributed by atoms with Gasteiger partial charge < -0.3 is 9.80 Å². The molecule has 0 N–H and O–H groups in total. The molecule has 2 aromatic rings. The minimum Gasteiger partial charge on any atom is -0.337 e. The summed E-state index contributed by atoms with van der Waals surface area (Å²) < 4.78 is 0. The summed E-state index contributed by atoms with van der Waals surface area (Å²) in [5.74, 6) is 1.03. The van der Waals surface area contributed by atoms with E-state index in [-0.39, 0.29) is 5.91 Å². The lowest BCUT2D eigenvalue weighted by molar-refractivity contribution is -0.131. The minimum absolute atomic E-state index is 0.202. The first kappa shape index (κ1) is 19.4. The first-order valence-electron chi connectivity index (χ1n) is 9.37. The van der Waals surface area contributed by atoms with E-state index in [9.17, 15) is 4.79 Å². The molecule has 1 amide bonds. The normalized spacial score (nSPS) is 15.9. The van der Waals surface area contributed by atoms with Gasteiger partial charge in [0.25, 0.3) is 0 Å². The van der Waals surface area contributed by atoms with Gasteiger partial charge in [-0.1, -0.05) is 36.7 Å². The predicted octanol–water partition coefficient (Wildman–Crippen LogP) is 4.70. The van der Waals surface area contributed by atoms with Crippen LogP contribution in [0.1, 0.15) is 30.2 Å². The summed E-state index contributed by atoms with van der Waals surface area (Å²) in [7, 11) is 0. The van der Waals surface area contributed by atoms with Crippen molar-refractivity contribution < 1.29 is 4.79 Å². The van der Waals surface area contributed by atoms with Crippen LogP contribution in [0.5, 0.6) is 0 Å². The Kier molecular flexibility index (Phi) is 7.12. The zero-order valence-corrected chi connectivity index (χ0v) is 16.9. The van der Waals surface area contributed by atoms with Gasteiger partial charge >= 0.3 is 0 Å². The van der Waals surface area contributed by atoms with Crippen molar-refractivity contribution in [1.82, 2.24) is 9.80 Å². The topological polar surface area (TPSA) is 23.6 Å². The van der Waals surface area contributed by atoms with E-state index in [1.807, 2.05) is 46.7 Å². The molecule has 0 saturated carbocycles. The van der Waals surface area contributed by atoms with E-state index in [1.54, 1.807) is 11.3 Å². The van der Waals surface area contributed by atoms with E-state index in [0.29, 0.717) is 13.0 Å². The van der Waals surface area contributed by atoms with Crippen molar-refractivity contribution in [3.05, 3.63) is 57.2 Å². The van der Waals surface area contributed by atoms with Crippen LogP contribution in [0, 0.1) is 5.92 Å². The molecule has 1 fully saturated rings. The first-order chi connectivity index (χ1) is 12.6. The van der Waals surface area contributed by atoms with Crippen LogP contribution in [0.2, 0.25) is 5.02 Å². The molecule has 3 nitrogen and oxygen atoms in total. The molecule has 140 valence electrons. The van der Waals surface area contributed by atoms with Crippen molar-refractivity contribution in [2.45, 2.75) is 32.7 Å². The van der Waals surface area contributed by atoms with Crippen LogP contribution >= 0.6 is 22.9 Å². The number of nitrogens with zero attached hydrogens (tertiary/aromatic N) is 2. The van der Waals surface area contributed by atoms with Crippen molar-refractivity contribution in [2.24, 2.45) is 5.92 Å². The van der Waals surface area contributed by atoms with Gasteiger partial charge in [-0.3, -0.25) is 4.79 Å². The third-order valence-electron chi connectivity index (χ3n) is 5.11. The highest BCUT2D eigenvalue weighted by molar-refractivity contribution is 7.10. The van der Waals surface area contributed by atoms with Crippen molar-refractivity contribution >= 4 is 28.8 Å². The number of halogens is 1. The largest absolute Gasteiger partial charge is 0.337 e. The molecule has 1 aromatic heterocycles. The predicted molar refractivity (Wildman–Crippen MR) is 110 cm³/mol. The summed E-state index contributed by atoms with van der Waals surface area (Å²) in [6.45, 7) is 7.00. The molecule has 0 atom stereocenters.